The van der Waals surface area contributed by atoms with Gasteiger partial charge in [-0.05, 0) is 25.1 Å². The number of nitrogens with one attached hydrogen (secondary N) is 1. The number of anilines is 1. The van der Waals surface area contributed by atoms with Gasteiger partial charge in [-0.25, -0.2) is 24.1 Å². The third-order valence-electron chi connectivity index (χ3n) is 4.31. The van der Waals surface area contributed by atoms with Gasteiger partial charge in [0.2, 0.25) is 5.88 Å². The van der Waals surface area contributed by atoms with Crippen molar-refractivity contribution in [1.29, 1.82) is 0 Å². The van der Waals surface area contributed by atoms with Crippen LogP contribution in [-0.2, 0) is 16.5 Å². The van der Waals surface area contributed by atoms with E-state index < -0.39 is 70.2 Å². The van der Waals surface area contributed by atoms with Gasteiger partial charge in [0.25, 0.3) is 6.02 Å². The fraction of sp³-hybridized carbons (Fsp3) is 0.294. The summed E-state index contributed by atoms with van der Waals surface area (Å²) in [5.74, 6) is -5.98. The first-order valence-corrected chi connectivity index (χ1v) is 8.85. The van der Waals surface area contributed by atoms with Crippen LogP contribution < -0.4 is 15.8 Å². The van der Waals surface area contributed by atoms with Crippen LogP contribution in [0, 0.1) is 5.82 Å². The van der Waals surface area contributed by atoms with E-state index in [2.05, 4.69) is 19.7 Å². The molecule has 3 N–H and O–H groups in total. The summed E-state index contributed by atoms with van der Waals surface area (Å²) in [4.78, 5) is 22.5. The molecule has 0 saturated carbocycles. The third kappa shape index (κ3) is 4.49. The standard InChI is InChI=1S/C17H12ClF6N5O3/c1-15(16(20,21)6-31-13(25)29-15)11-9(19)2-3-10(27-11)28-14(30)32-12-8(18)4-7(5-26-12)17(22,23)24/h2-5H,6H2,1H3,(H2,25,29)(H,27,28,30)/t15-/m1/s1. The van der Waals surface area contributed by atoms with Gasteiger partial charge in [0.05, 0.1) is 5.56 Å². The number of halogens is 7. The highest BCUT2D eigenvalue weighted by atomic mass is 35.5. The first-order chi connectivity index (χ1) is 14.7. The lowest BCUT2D eigenvalue weighted by atomic mass is 9.89. The minimum Gasteiger partial charge on any atom is -0.459 e. The molecule has 2 aromatic heterocycles. The van der Waals surface area contributed by atoms with E-state index in [1.54, 1.807) is 0 Å². The maximum atomic E-state index is 14.4. The Morgan fingerprint density at radius 2 is 2.03 bits per heavy atom. The van der Waals surface area contributed by atoms with Crippen molar-refractivity contribution < 1.29 is 40.6 Å². The van der Waals surface area contributed by atoms with Gasteiger partial charge in [0.1, 0.15) is 22.4 Å². The Morgan fingerprint density at radius 1 is 1.34 bits per heavy atom. The van der Waals surface area contributed by atoms with Crippen molar-refractivity contribution in [2.24, 2.45) is 10.7 Å². The molecule has 0 radical (unpaired) electrons. The number of amides is 1. The Kier molecular flexibility index (Phi) is 5.84. The minimum absolute atomic E-state index is 0.388. The van der Waals surface area contributed by atoms with Gasteiger partial charge >= 0.3 is 18.2 Å². The quantitative estimate of drug-likeness (QED) is 0.636. The number of aliphatic imine (C=N–C) groups is 1. The molecule has 8 nitrogen and oxygen atoms in total. The number of hydrogen-bond acceptors (Lipinski definition) is 7. The normalized spacial score (nSPS) is 20.2. The van der Waals surface area contributed by atoms with Crippen molar-refractivity contribution in [3.63, 3.8) is 0 Å². The van der Waals surface area contributed by atoms with Gasteiger partial charge in [-0.15, -0.1) is 0 Å². The van der Waals surface area contributed by atoms with Crippen LogP contribution >= 0.6 is 11.6 Å². The monoisotopic (exact) mass is 483 g/mol. The molecule has 0 aromatic carbocycles. The molecule has 1 atom stereocenters. The van der Waals surface area contributed by atoms with Gasteiger partial charge in [-0.3, -0.25) is 5.32 Å². The van der Waals surface area contributed by atoms with E-state index in [1.807, 2.05) is 5.32 Å². The smallest absolute Gasteiger partial charge is 0.419 e. The van der Waals surface area contributed by atoms with Gasteiger partial charge in [-0.1, -0.05) is 11.6 Å². The molecule has 0 aliphatic carbocycles. The van der Waals surface area contributed by atoms with Gasteiger partial charge in [0.15, 0.2) is 12.1 Å². The molecule has 0 unspecified atom stereocenters. The lowest BCUT2D eigenvalue weighted by Gasteiger charge is -2.36. The number of aromatic nitrogens is 2. The summed E-state index contributed by atoms with van der Waals surface area (Å²) >= 11 is 5.64. The molecule has 0 fully saturated rings. The number of nitrogens with zero attached hydrogens (tertiary/aromatic N) is 3. The topological polar surface area (TPSA) is 112 Å². The van der Waals surface area contributed by atoms with Gasteiger partial charge in [-0.2, -0.15) is 22.0 Å². The number of alkyl halides is 5. The van der Waals surface area contributed by atoms with Gasteiger partial charge in [0, 0.05) is 6.20 Å². The lowest BCUT2D eigenvalue weighted by Crippen LogP contribution is -2.51. The average Bonchev–Trinajstić information content (AvgIpc) is 2.67. The molecule has 3 rings (SSSR count). The fourth-order valence-corrected chi connectivity index (χ4v) is 2.80. The van der Waals surface area contributed by atoms with Crippen molar-refractivity contribution in [2.45, 2.75) is 24.6 Å². The molecule has 172 valence electrons. The molecule has 32 heavy (non-hydrogen) atoms. The summed E-state index contributed by atoms with van der Waals surface area (Å²) in [5.41, 5.74) is 0.758. The van der Waals surface area contributed by atoms with E-state index in [0.717, 1.165) is 19.1 Å². The lowest BCUT2D eigenvalue weighted by molar-refractivity contribution is -0.137. The summed E-state index contributed by atoms with van der Waals surface area (Å²) < 4.78 is 90.3. The Hall–Kier alpha value is -3.29. The highest BCUT2D eigenvalue weighted by Crippen LogP contribution is 2.43. The predicted molar refractivity (Wildman–Crippen MR) is 98.0 cm³/mol. The van der Waals surface area contributed by atoms with Crippen molar-refractivity contribution in [3.05, 3.63) is 46.5 Å². The van der Waals surface area contributed by atoms with Crippen LogP contribution in [0.4, 0.5) is 37.0 Å². The minimum atomic E-state index is -4.72. The maximum Gasteiger partial charge on any atom is 0.419 e. The largest absolute Gasteiger partial charge is 0.459 e. The van der Waals surface area contributed by atoms with Crippen LogP contribution in [0.25, 0.3) is 0 Å². The van der Waals surface area contributed by atoms with Crippen LogP contribution in [0.15, 0.2) is 29.4 Å². The molecular weight excluding hydrogens is 472 g/mol. The van der Waals surface area contributed by atoms with E-state index in [4.69, 9.17) is 22.1 Å². The Morgan fingerprint density at radius 3 is 2.66 bits per heavy atom. The van der Waals surface area contributed by atoms with Gasteiger partial charge < -0.3 is 15.2 Å². The number of carbonyl (C=O) groups excluding carboxylic acids is 1. The molecule has 2 aromatic rings. The molecule has 15 heteroatoms. The Labute approximate surface area is 180 Å². The first-order valence-electron chi connectivity index (χ1n) is 8.47. The van der Waals surface area contributed by atoms with Crippen LogP contribution in [0.3, 0.4) is 0 Å². The van der Waals surface area contributed by atoms with Crippen molar-refractivity contribution in [2.75, 3.05) is 11.9 Å². The summed E-state index contributed by atoms with van der Waals surface area (Å²) in [6.45, 7) is -0.306. The van der Waals surface area contributed by atoms with Crippen LogP contribution in [0.1, 0.15) is 18.2 Å². The average molecular weight is 484 g/mol. The van der Waals surface area contributed by atoms with Crippen molar-refractivity contribution in [1.82, 2.24) is 9.97 Å². The maximum absolute atomic E-state index is 14.4. The number of carbonyl (C=O) groups is 1. The summed E-state index contributed by atoms with van der Waals surface area (Å²) in [6.07, 6.45) is -5.67. The zero-order chi connectivity index (χ0) is 23.9. The first kappa shape index (κ1) is 23.4. The van der Waals surface area contributed by atoms with Crippen LogP contribution in [0.2, 0.25) is 5.02 Å². The highest BCUT2D eigenvalue weighted by Gasteiger charge is 2.57. The number of pyridine rings is 2. The number of nitrogens with two attached hydrogens (primary N) is 1. The molecule has 0 saturated heterocycles. The van der Waals surface area contributed by atoms with E-state index >= 15 is 0 Å². The molecule has 0 spiro atoms. The van der Waals surface area contributed by atoms with E-state index in [0.29, 0.717) is 12.3 Å². The molecule has 1 aliphatic heterocycles. The summed E-state index contributed by atoms with van der Waals surface area (Å²) in [7, 11) is 0. The third-order valence-corrected chi connectivity index (χ3v) is 4.58. The van der Waals surface area contributed by atoms with Crippen molar-refractivity contribution in [3.8, 4) is 5.88 Å². The second-order valence-electron chi connectivity index (χ2n) is 6.57. The highest BCUT2D eigenvalue weighted by molar-refractivity contribution is 6.32. The number of ether oxygens (including phenoxy) is 2. The second-order valence-corrected chi connectivity index (χ2v) is 6.97. The fourth-order valence-electron chi connectivity index (χ4n) is 2.59. The molecule has 0 bridgehead atoms. The van der Waals surface area contributed by atoms with Crippen LogP contribution in [0.5, 0.6) is 5.88 Å². The van der Waals surface area contributed by atoms with Crippen molar-refractivity contribution >= 4 is 29.5 Å². The molecule has 1 amide bonds. The number of rotatable bonds is 3. The number of amidine groups is 1. The SMILES string of the molecule is C[C@]1(c2nc(NC(=O)Oc3ncc(C(F)(F)F)cc3Cl)ccc2F)N=C(N)OCC1(F)F. The van der Waals surface area contributed by atoms with E-state index in [1.165, 1.54) is 0 Å². The molecule has 3 heterocycles. The summed E-state index contributed by atoms with van der Waals surface area (Å²) in [5, 5.41) is 1.39. The Bertz CT molecular complexity index is 1100. The zero-order valence-electron chi connectivity index (χ0n) is 15.8. The molecular formula is C17H12ClF6N5O3. The van der Waals surface area contributed by atoms with E-state index in [9.17, 15) is 31.1 Å². The Balaban J connectivity index is 1.84. The predicted octanol–water partition coefficient (Wildman–Crippen LogP) is 4.09. The van der Waals surface area contributed by atoms with E-state index in [-0.39, 0.29) is 0 Å². The zero-order valence-corrected chi connectivity index (χ0v) is 16.6. The number of hydrogen-bond donors (Lipinski definition) is 2. The second kappa shape index (κ2) is 8.00. The molecule has 1 aliphatic rings. The summed E-state index contributed by atoms with van der Waals surface area (Å²) in [6, 6.07) is 1.54. The van der Waals surface area contributed by atoms with Crippen LogP contribution in [-0.4, -0.2) is 34.6 Å².